The summed E-state index contributed by atoms with van der Waals surface area (Å²) in [4.78, 5) is 25.5. The maximum absolute atomic E-state index is 11.9. The topological polar surface area (TPSA) is 74.6 Å². The number of amides is 2. The van der Waals surface area contributed by atoms with Crippen molar-refractivity contribution in [1.29, 1.82) is 0 Å². The standard InChI is InChI=1S/C15H15N3O3/c19-14(16-17-15(20)13-6-3-9-21-13)10-18-8-7-11-4-1-2-5-12(11)18/h1-6,9H,7-8,10H2,(H,16,19)(H,17,20). The lowest BCUT2D eigenvalue weighted by Crippen LogP contribution is -2.46. The first-order valence-corrected chi connectivity index (χ1v) is 6.69. The second-order valence-electron chi connectivity index (χ2n) is 4.78. The molecule has 2 aromatic rings. The van der Waals surface area contributed by atoms with E-state index < -0.39 is 5.91 Å². The molecule has 3 rings (SSSR count). The molecule has 2 heterocycles. The van der Waals surface area contributed by atoms with Crippen LogP contribution in [0.5, 0.6) is 0 Å². The Kier molecular flexibility index (Phi) is 3.59. The predicted molar refractivity (Wildman–Crippen MR) is 76.7 cm³/mol. The van der Waals surface area contributed by atoms with Crippen molar-refractivity contribution < 1.29 is 14.0 Å². The zero-order chi connectivity index (χ0) is 14.7. The highest BCUT2D eigenvalue weighted by atomic mass is 16.3. The van der Waals surface area contributed by atoms with Crippen LogP contribution in [0.3, 0.4) is 0 Å². The van der Waals surface area contributed by atoms with Crippen molar-refractivity contribution in [2.75, 3.05) is 18.0 Å². The summed E-state index contributed by atoms with van der Waals surface area (Å²) in [6.45, 7) is 1.01. The van der Waals surface area contributed by atoms with Crippen LogP contribution in [0.4, 0.5) is 5.69 Å². The monoisotopic (exact) mass is 285 g/mol. The number of carbonyl (C=O) groups is 2. The molecule has 1 aliphatic rings. The number of fused-ring (bicyclic) bond motifs is 1. The molecule has 0 saturated carbocycles. The Morgan fingerprint density at radius 1 is 1.14 bits per heavy atom. The Balaban J connectivity index is 1.52. The molecular formula is C15H15N3O3. The van der Waals surface area contributed by atoms with Crippen molar-refractivity contribution >= 4 is 17.5 Å². The SMILES string of the molecule is O=C(CN1CCc2ccccc21)NNC(=O)c1ccco1. The van der Waals surface area contributed by atoms with Gasteiger partial charge in [-0.05, 0) is 30.2 Å². The summed E-state index contributed by atoms with van der Waals surface area (Å²) in [6.07, 6.45) is 2.33. The Labute approximate surface area is 121 Å². The second kappa shape index (κ2) is 5.70. The third-order valence-electron chi connectivity index (χ3n) is 3.38. The summed E-state index contributed by atoms with van der Waals surface area (Å²) in [5.74, 6) is -0.594. The molecular weight excluding hydrogens is 270 g/mol. The Bertz CT molecular complexity index is 652. The van der Waals surface area contributed by atoms with Gasteiger partial charge in [-0.3, -0.25) is 20.4 Å². The molecule has 0 saturated heterocycles. The molecule has 108 valence electrons. The summed E-state index contributed by atoms with van der Waals surface area (Å²) in [5.41, 5.74) is 7.03. The van der Waals surface area contributed by atoms with E-state index in [1.165, 1.54) is 17.9 Å². The molecule has 0 radical (unpaired) electrons. The average molecular weight is 285 g/mol. The Morgan fingerprint density at radius 2 is 2.00 bits per heavy atom. The van der Waals surface area contributed by atoms with Crippen LogP contribution in [-0.2, 0) is 11.2 Å². The largest absolute Gasteiger partial charge is 0.459 e. The van der Waals surface area contributed by atoms with Gasteiger partial charge in [0, 0.05) is 12.2 Å². The number of hydrogen-bond donors (Lipinski definition) is 2. The minimum absolute atomic E-state index is 0.154. The zero-order valence-corrected chi connectivity index (χ0v) is 11.3. The van der Waals surface area contributed by atoms with E-state index in [1.807, 2.05) is 23.1 Å². The van der Waals surface area contributed by atoms with E-state index in [2.05, 4.69) is 16.9 Å². The third-order valence-corrected chi connectivity index (χ3v) is 3.38. The van der Waals surface area contributed by atoms with Gasteiger partial charge in [0.1, 0.15) is 0 Å². The molecule has 6 heteroatoms. The van der Waals surface area contributed by atoms with E-state index in [0.29, 0.717) is 0 Å². The molecule has 1 aromatic carbocycles. The fraction of sp³-hybridized carbons (Fsp3) is 0.200. The first kappa shape index (κ1) is 13.2. The van der Waals surface area contributed by atoms with Crippen LogP contribution in [0.2, 0.25) is 0 Å². The quantitative estimate of drug-likeness (QED) is 0.828. The molecule has 0 atom stereocenters. The molecule has 1 aliphatic heterocycles. The van der Waals surface area contributed by atoms with E-state index in [-0.39, 0.29) is 18.2 Å². The minimum atomic E-state index is -0.477. The third kappa shape index (κ3) is 2.89. The molecule has 0 bridgehead atoms. The van der Waals surface area contributed by atoms with E-state index in [4.69, 9.17) is 4.42 Å². The van der Waals surface area contributed by atoms with Gasteiger partial charge in [-0.2, -0.15) is 0 Å². The highest BCUT2D eigenvalue weighted by Gasteiger charge is 2.20. The van der Waals surface area contributed by atoms with Gasteiger partial charge < -0.3 is 9.32 Å². The van der Waals surface area contributed by atoms with Gasteiger partial charge in [-0.25, -0.2) is 0 Å². The maximum Gasteiger partial charge on any atom is 0.305 e. The van der Waals surface area contributed by atoms with E-state index in [1.54, 1.807) is 6.07 Å². The molecule has 0 spiro atoms. The van der Waals surface area contributed by atoms with Crippen molar-refractivity contribution in [3.63, 3.8) is 0 Å². The lowest BCUT2D eigenvalue weighted by atomic mass is 10.2. The van der Waals surface area contributed by atoms with E-state index >= 15 is 0 Å². The summed E-state index contributed by atoms with van der Waals surface area (Å²) in [5, 5.41) is 0. The van der Waals surface area contributed by atoms with Gasteiger partial charge >= 0.3 is 5.91 Å². The number of hydrogen-bond acceptors (Lipinski definition) is 4. The lowest BCUT2D eigenvalue weighted by Gasteiger charge is -2.18. The van der Waals surface area contributed by atoms with Gasteiger partial charge in [0.25, 0.3) is 5.91 Å². The van der Waals surface area contributed by atoms with Crippen molar-refractivity contribution in [2.24, 2.45) is 0 Å². The predicted octanol–water partition coefficient (Wildman–Crippen LogP) is 1.10. The van der Waals surface area contributed by atoms with Crippen molar-refractivity contribution in [3.8, 4) is 0 Å². The Hall–Kier alpha value is -2.76. The molecule has 6 nitrogen and oxygen atoms in total. The van der Waals surface area contributed by atoms with E-state index in [9.17, 15) is 9.59 Å². The van der Waals surface area contributed by atoms with Crippen LogP contribution < -0.4 is 15.8 Å². The van der Waals surface area contributed by atoms with Gasteiger partial charge in [-0.1, -0.05) is 18.2 Å². The van der Waals surface area contributed by atoms with Crippen LogP contribution in [0.25, 0.3) is 0 Å². The number of rotatable bonds is 3. The number of hydrazine groups is 1. The van der Waals surface area contributed by atoms with Crippen molar-refractivity contribution in [2.45, 2.75) is 6.42 Å². The van der Waals surface area contributed by atoms with Crippen LogP contribution >= 0.6 is 0 Å². The summed E-state index contributed by atoms with van der Waals surface area (Å²) in [7, 11) is 0. The maximum atomic E-state index is 11.9. The number of para-hydroxylation sites is 1. The minimum Gasteiger partial charge on any atom is -0.459 e. The molecule has 2 amide bonds. The van der Waals surface area contributed by atoms with Gasteiger partial charge in [0.2, 0.25) is 0 Å². The smallest absolute Gasteiger partial charge is 0.305 e. The van der Waals surface area contributed by atoms with Crippen molar-refractivity contribution in [1.82, 2.24) is 10.9 Å². The fourth-order valence-corrected chi connectivity index (χ4v) is 2.38. The molecule has 1 aromatic heterocycles. The van der Waals surface area contributed by atoms with Gasteiger partial charge in [0.15, 0.2) is 5.76 Å². The summed E-state index contributed by atoms with van der Waals surface area (Å²) in [6, 6.07) is 11.1. The molecule has 0 aliphatic carbocycles. The van der Waals surface area contributed by atoms with Crippen molar-refractivity contribution in [3.05, 3.63) is 54.0 Å². The summed E-state index contributed by atoms with van der Waals surface area (Å²) < 4.78 is 4.93. The zero-order valence-electron chi connectivity index (χ0n) is 11.3. The first-order chi connectivity index (χ1) is 10.2. The number of carbonyl (C=O) groups excluding carboxylic acids is 2. The van der Waals surface area contributed by atoms with Gasteiger partial charge in [-0.15, -0.1) is 0 Å². The molecule has 21 heavy (non-hydrogen) atoms. The lowest BCUT2D eigenvalue weighted by molar-refractivity contribution is -0.120. The number of anilines is 1. The number of furan rings is 1. The highest BCUT2D eigenvalue weighted by molar-refractivity contribution is 5.93. The second-order valence-corrected chi connectivity index (χ2v) is 4.78. The average Bonchev–Trinajstić information content (AvgIpc) is 3.15. The fourth-order valence-electron chi connectivity index (χ4n) is 2.38. The van der Waals surface area contributed by atoms with Crippen LogP contribution in [0.15, 0.2) is 47.1 Å². The normalized spacial score (nSPS) is 12.9. The molecule has 0 fully saturated rings. The molecule has 0 unspecified atom stereocenters. The number of nitrogens with one attached hydrogen (secondary N) is 2. The highest BCUT2D eigenvalue weighted by Crippen LogP contribution is 2.26. The summed E-state index contributed by atoms with van der Waals surface area (Å²) >= 11 is 0. The van der Waals surface area contributed by atoms with E-state index in [0.717, 1.165) is 18.7 Å². The number of benzene rings is 1. The number of nitrogens with zero attached hydrogens (tertiary/aromatic N) is 1. The van der Waals surface area contributed by atoms with Crippen LogP contribution in [0.1, 0.15) is 16.1 Å². The van der Waals surface area contributed by atoms with Crippen LogP contribution in [0, 0.1) is 0 Å². The van der Waals surface area contributed by atoms with Crippen LogP contribution in [-0.4, -0.2) is 24.9 Å². The van der Waals surface area contributed by atoms with Gasteiger partial charge in [0.05, 0.1) is 12.8 Å². The first-order valence-electron chi connectivity index (χ1n) is 6.69. The molecule has 2 N–H and O–H groups in total. The Morgan fingerprint density at radius 3 is 2.81 bits per heavy atom.